The number of hydrogen-bond acceptors (Lipinski definition) is 3. The highest BCUT2D eigenvalue weighted by Gasteiger charge is 2.12. The average molecular weight is 303 g/mol. The third kappa shape index (κ3) is 1.81. The van der Waals surface area contributed by atoms with Gasteiger partial charge in [-0.15, -0.1) is 0 Å². The number of benzene rings is 1. The number of aromatic carboxylic acids is 1. The number of H-pyrrole nitrogens is 1. The van der Waals surface area contributed by atoms with Crippen molar-refractivity contribution in [2.24, 2.45) is 0 Å². The number of rotatable bonds is 1. The number of carboxylic acid groups (broad SMARTS) is 1. The van der Waals surface area contributed by atoms with Gasteiger partial charge in [0.25, 0.3) is 5.56 Å². The smallest absolute Gasteiger partial charge is 0.360 e. The van der Waals surface area contributed by atoms with Crippen molar-refractivity contribution in [3.63, 3.8) is 0 Å². The molecule has 0 atom stereocenters. The van der Waals surface area contributed by atoms with E-state index >= 15 is 0 Å². The summed E-state index contributed by atoms with van der Waals surface area (Å²) in [5, 5.41) is 9.14. The predicted molar refractivity (Wildman–Crippen MR) is 62.0 cm³/mol. The molecule has 1 aromatic heterocycles. The van der Waals surface area contributed by atoms with E-state index in [1.165, 1.54) is 6.07 Å². The number of carboxylic acids is 1. The van der Waals surface area contributed by atoms with Crippen LogP contribution in [0.1, 0.15) is 10.5 Å². The molecule has 0 spiro atoms. The molecule has 2 aromatic rings. The zero-order valence-corrected chi connectivity index (χ0v) is 9.96. The van der Waals surface area contributed by atoms with Crippen molar-refractivity contribution in [2.75, 3.05) is 0 Å². The molecule has 1 aromatic carbocycles. The summed E-state index contributed by atoms with van der Waals surface area (Å²) in [5.41, 5.74) is -0.545. The zero-order chi connectivity index (χ0) is 11.9. The first kappa shape index (κ1) is 11.1. The van der Waals surface area contributed by atoms with E-state index in [4.69, 9.17) is 16.7 Å². The molecule has 0 radical (unpaired) electrons. The van der Waals surface area contributed by atoms with Gasteiger partial charge in [-0.25, -0.2) is 9.78 Å². The lowest BCUT2D eigenvalue weighted by Gasteiger charge is -2.01. The van der Waals surface area contributed by atoms with Crippen LogP contribution >= 0.6 is 27.5 Å². The Labute approximate surface area is 102 Å². The van der Waals surface area contributed by atoms with E-state index in [2.05, 4.69) is 25.9 Å². The second-order valence-electron chi connectivity index (χ2n) is 3.00. The maximum atomic E-state index is 11.3. The van der Waals surface area contributed by atoms with Gasteiger partial charge in [-0.1, -0.05) is 11.6 Å². The number of hydrogen-bond donors (Lipinski definition) is 2. The normalized spacial score (nSPS) is 10.6. The highest BCUT2D eigenvalue weighted by atomic mass is 79.9. The SMILES string of the molecule is O=C(O)c1nc2cc(Br)c(Cl)cc2[nH]c1=O. The van der Waals surface area contributed by atoms with Gasteiger partial charge >= 0.3 is 5.97 Å². The third-order valence-corrected chi connectivity index (χ3v) is 3.13. The molecule has 0 aliphatic heterocycles. The number of nitrogens with zero attached hydrogens (tertiary/aromatic N) is 1. The van der Waals surface area contributed by atoms with Gasteiger partial charge in [-0.2, -0.15) is 0 Å². The largest absolute Gasteiger partial charge is 0.476 e. The predicted octanol–water partition coefficient (Wildman–Crippen LogP) is 2.04. The summed E-state index contributed by atoms with van der Waals surface area (Å²) in [4.78, 5) is 28.2. The quantitative estimate of drug-likeness (QED) is 0.844. The van der Waals surface area contributed by atoms with E-state index in [0.717, 1.165) is 0 Å². The number of aromatic amines is 1. The van der Waals surface area contributed by atoms with Crippen molar-refractivity contribution in [2.45, 2.75) is 0 Å². The fraction of sp³-hybridized carbons (Fsp3) is 0. The fourth-order valence-electron chi connectivity index (χ4n) is 1.23. The van der Waals surface area contributed by atoms with Crippen molar-refractivity contribution >= 4 is 44.5 Å². The van der Waals surface area contributed by atoms with Crippen LogP contribution in [0, 0.1) is 0 Å². The Balaban J connectivity index is 2.85. The summed E-state index contributed by atoms with van der Waals surface area (Å²) in [5.74, 6) is -1.37. The molecule has 5 nitrogen and oxygen atoms in total. The van der Waals surface area contributed by atoms with Gasteiger partial charge in [0, 0.05) is 4.47 Å². The van der Waals surface area contributed by atoms with Crippen LogP contribution in [0.25, 0.3) is 11.0 Å². The number of fused-ring (bicyclic) bond motifs is 1. The van der Waals surface area contributed by atoms with Crippen LogP contribution in [-0.2, 0) is 0 Å². The Bertz CT molecular complexity index is 653. The zero-order valence-electron chi connectivity index (χ0n) is 7.62. The van der Waals surface area contributed by atoms with Crippen LogP contribution in [0.5, 0.6) is 0 Å². The molecule has 2 rings (SSSR count). The van der Waals surface area contributed by atoms with Crippen molar-refractivity contribution in [3.05, 3.63) is 37.7 Å². The fourth-order valence-corrected chi connectivity index (χ4v) is 1.72. The Kier molecular flexibility index (Phi) is 2.69. The Morgan fingerprint density at radius 2 is 2.19 bits per heavy atom. The summed E-state index contributed by atoms with van der Waals surface area (Å²) < 4.78 is 0.581. The van der Waals surface area contributed by atoms with E-state index in [-0.39, 0.29) is 0 Å². The lowest BCUT2D eigenvalue weighted by molar-refractivity contribution is 0.0689. The number of nitrogens with one attached hydrogen (secondary N) is 1. The summed E-state index contributed by atoms with van der Waals surface area (Å²) in [7, 11) is 0. The van der Waals surface area contributed by atoms with Crippen LogP contribution in [0.2, 0.25) is 5.02 Å². The highest BCUT2D eigenvalue weighted by molar-refractivity contribution is 9.10. The molecule has 2 N–H and O–H groups in total. The summed E-state index contributed by atoms with van der Waals surface area (Å²) >= 11 is 9.01. The number of halogens is 2. The monoisotopic (exact) mass is 302 g/mol. The van der Waals surface area contributed by atoms with Crippen molar-refractivity contribution in [3.8, 4) is 0 Å². The molecule has 82 valence electrons. The van der Waals surface area contributed by atoms with Crippen LogP contribution in [0.3, 0.4) is 0 Å². The Hall–Kier alpha value is -1.40. The van der Waals surface area contributed by atoms with E-state index in [9.17, 15) is 9.59 Å². The van der Waals surface area contributed by atoms with Crippen molar-refractivity contribution in [1.29, 1.82) is 0 Å². The van der Waals surface area contributed by atoms with Crippen LogP contribution in [0.15, 0.2) is 21.4 Å². The minimum Gasteiger partial charge on any atom is -0.476 e. The van der Waals surface area contributed by atoms with E-state index in [0.29, 0.717) is 20.5 Å². The Morgan fingerprint density at radius 1 is 1.50 bits per heavy atom. The lowest BCUT2D eigenvalue weighted by Crippen LogP contribution is -2.19. The lowest BCUT2D eigenvalue weighted by atomic mass is 10.3. The molecule has 0 saturated heterocycles. The van der Waals surface area contributed by atoms with Crippen LogP contribution in [0.4, 0.5) is 0 Å². The molecule has 7 heteroatoms. The number of carbonyl (C=O) groups is 1. The molecule has 0 bridgehead atoms. The molecule has 0 aliphatic rings. The minimum atomic E-state index is -1.37. The maximum absolute atomic E-state index is 11.3. The standard InChI is InChI=1S/C9H4BrClN2O3/c10-3-1-5-6(2-4(3)11)13-8(14)7(12-5)9(15)16/h1-2H,(H,13,14)(H,15,16). The highest BCUT2D eigenvalue weighted by Crippen LogP contribution is 2.25. The molecular weight excluding hydrogens is 299 g/mol. The third-order valence-electron chi connectivity index (χ3n) is 1.94. The molecule has 0 saturated carbocycles. The molecule has 1 heterocycles. The summed E-state index contributed by atoms with van der Waals surface area (Å²) in [6.07, 6.45) is 0. The van der Waals surface area contributed by atoms with Crippen molar-refractivity contribution < 1.29 is 9.90 Å². The summed E-state index contributed by atoms with van der Waals surface area (Å²) in [6.45, 7) is 0. The Morgan fingerprint density at radius 3 is 2.81 bits per heavy atom. The molecule has 0 fully saturated rings. The van der Waals surface area contributed by atoms with Gasteiger partial charge in [-0.3, -0.25) is 4.79 Å². The summed E-state index contributed by atoms with van der Waals surface area (Å²) in [6, 6.07) is 3.04. The van der Waals surface area contributed by atoms with Crippen LogP contribution < -0.4 is 5.56 Å². The molecule has 0 aliphatic carbocycles. The molecule has 16 heavy (non-hydrogen) atoms. The van der Waals surface area contributed by atoms with Gasteiger partial charge in [-0.05, 0) is 28.1 Å². The molecule has 0 amide bonds. The topological polar surface area (TPSA) is 83.0 Å². The first-order valence-electron chi connectivity index (χ1n) is 4.11. The molecule has 0 unspecified atom stereocenters. The average Bonchev–Trinajstić information content (AvgIpc) is 2.19. The van der Waals surface area contributed by atoms with E-state index in [1.807, 2.05) is 0 Å². The second kappa shape index (κ2) is 3.88. The van der Waals surface area contributed by atoms with Gasteiger partial charge in [0.05, 0.1) is 16.1 Å². The minimum absolute atomic E-state index is 0.355. The number of aromatic nitrogens is 2. The van der Waals surface area contributed by atoms with Crippen LogP contribution in [-0.4, -0.2) is 21.0 Å². The van der Waals surface area contributed by atoms with Gasteiger partial charge in [0.15, 0.2) is 0 Å². The van der Waals surface area contributed by atoms with E-state index in [1.54, 1.807) is 6.07 Å². The first-order valence-corrected chi connectivity index (χ1v) is 5.28. The van der Waals surface area contributed by atoms with Gasteiger partial charge < -0.3 is 10.1 Å². The van der Waals surface area contributed by atoms with E-state index < -0.39 is 17.2 Å². The maximum Gasteiger partial charge on any atom is 0.360 e. The van der Waals surface area contributed by atoms with Crippen molar-refractivity contribution in [1.82, 2.24) is 9.97 Å². The second-order valence-corrected chi connectivity index (χ2v) is 4.26. The van der Waals surface area contributed by atoms with Gasteiger partial charge in [0.2, 0.25) is 5.69 Å². The molecular formula is C9H4BrClN2O3. The first-order chi connectivity index (χ1) is 7.49. The van der Waals surface area contributed by atoms with Gasteiger partial charge in [0.1, 0.15) is 0 Å².